The van der Waals surface area contributed by atoms with Crippen LogP contribution in [0.25, 0.3) is 10.9 Å². The number of halogens is 2. The van der Waals surface area contributed by atoms with Crippen molar-refractivity contribution < 1.29 is 8.78 Å². The molecule has 1 nitrogen and oxygen atoms in total. The Bertz CT molecular complexity index is 445. The Kier molecular flexibility index (Phi) is 2.23. The molecule has 74 valence electrons. The molecule has 0 saturated heterocycles. The van der Waals surface area contributed by atoms with Gasteiger partial charge in [0, 0.05) is 23.5 Å². The van der Waals surface area contributed by atoms with E-state index < -0.39 is 6.43 Å². The quantitative estimate of drug-likeness (QED) is 0.756. The Morgan fingerprint density at radius 1 is 1.36 bits per heavy atom. The van der Waals surface area contributed by atoms with Gasteiger partial charge in [0.1, 0.15) is 0 Å². The molecule has 0 aliphatic rings. The molecular weight excluding hydrogens is 184 g/mol. The largest absolute Gasteiger partial charge is 0.361 e. The van der Waals surface area contributed by atoms with Crippen LogP contribution < -0.4 is 0 Å². The van der Waals surface area contributed by atoms with E-state index in [-0.39, 0.29) is 6.42 Å². The van der Waals surface area contributed by atoms with E-state index in [1.54, 1.807) is 6.20 Å². The molecule has 1 N–H and O–H groups in total. The van der Waals surface area contributed by atoms with E-state index in [9.17, 15) is 8.78 Å². The van der Waals surface area contributed by atoms with Crippen molar-refractivity contribution in [2.24, 2.45) is 0 Å². The second-order valence-electron chi connectivity index (χ2n) is 3.46. The van der Waals surface area contributed by atoms with Gasteiger partial charge >= 0.3 is 0 Å². The molecule has 1 heterocycles. The van der Waals surface area contributed by atoms with Gasteiger partial charge in [-0.15, -0.1) is 0 Å². The standard InChI is InChI=1S/C11H11F2N/c1-7-2-3-10-9(4-7)8(6-14-10)5-11(12)13/h2-4,6,11,14H,5H2,1H3. The van der Waals surface area contributed by atoms with E-state index >= 15 is 0 Å². The number of aromatic nitrogens is 1. The normalized spacial score (nSPS) is 11.4. The summed E-state index contributed by atoms with van der Waals surface area (Å²) in [4.78, 5) is 2.99. The van der Waals surface area contributed by atoms with Gasteiger partial charge in [0.25, 0.3) is 0 Å². The minimum atomic E-state index is -2.28. The predicted molar refractivity (Wildman–Crippen MR) is 52.7 cm³/mol. The van der Waals surface area contributed by atoms with Crippen molar-refractivity contribution in [1.29, 1.82) is 0 Å². The second kappa shape index (κ2) is 3.40. The average molecular weight is 195 g/mol. The molecule has 0 bridgehead atoms. The first-order valence-electron chi connectivity index (χ1n) is 4.51. The number of fused-ring (bicyclic) bond motifs is 1. The number of hydrogen-bond donors (Lipinski definition) is 1. The molecule has 1 aromatic heterocycles. The Labute approximate surface area is 80.7 Å². The molecule has 0 amide bonds. The van der Waals surface area contributed by atoms with Gasteiger partial charge in [-0.25, -0.2) is 8.78 Å². The summed E-state index contributed by atoms with van der Waals surface area (Å²) in [5.41, 5.74) is 2.71. The lowest BCUT2D eigenvalue weighted by Crippen LogP contribution is -1.95. The van der Waals surface area contributed by atoms with E-state index in [4.69, 9.17) is 0 Å². The van der Waals surface area contributed by atoms with Gasteiger partial charge in [-0.1, -0.05) is 11.6 Å². The smallest absolute Gasteiger partial charge is 0.242 e. The van der Waals surface area contributed by atoms with Gasteiger partial charge in [0.05, 0.1) is 0 Å². The Morgan fingerprint density at radius 2 is 2.14 bits per heavy atom. The summed E-state index contributed by atoms with van der Waals surface area (Å²) in [5, 5.41) is 0.908. The molecule has 2 aromatic rings. The van der Waals surface area contributed by atoms with Crippen molar-refractivity contribution in [1.82, 2.24) is 4.98 Å². The Morgan fingerprint density at radius 3 is 2.86 bits per heavy atom. The van der Waals surface area contributed by atoms with E-state index in [0.717, 1.165) is 16.5 Å². The number of benzene rings is 1. The van der Waals surface area contributed by atoms with Gasteiger partial charge in [-0.3, -0.25) is 0 Å². The molecule has 0 unspecified atom stereocenters. The number of aromatic amines is 1. The van der Waals surface area contributed by atoms with E-state index in [1.807, 2.05) is 25.1 Å². The number of nitrogens with one attached hydrogen (secondary N) is 1. The van der Waals surface area contributed by atoms with Crippen LogP contribution in [0.5, 0.6) is 0 Å². The molecule has 1 aromatic carbocycles. The van der Waals surface area contributed by atoms with Crippen LogP contribution >= 0.6 is 0 Å². The molecule has 0 aliphatic heterocycles. The molecule has 0 spiro atoms. The van der Waals surface area contributed by atoms with E-state index in [1.165, 1.54) is 0 Å². The van der Waals surface area contributed by atoms with Crippen LogP contribution in [-0.2, 0) is 6.42 Å². The zero-order chi connectivity index (χ0) is 10.1. The first-order valence-corrected chi connectivity index (χ1v) is 4.51. The number of hydrogen-bond acceptors (Lipinski definition) is 0. The van der Waals surface area contributed by atoms with E-state index in [2.05, 4.69) is 4.98 Å². The van der Waals surface area contributed by atoms with Crippen molar-refractivity contribution in [2.45, 2.75) is 19.8 Å². The van der Waals surface area contributed by atoms with Gasteiger partial charge in [0.15, 0.2) is 0 Å². The summed E-state index contributed by atoms with van der Waals surface area (Å²) in [7, 11) is 0. The lowest BCUT2D eigenvalue weighted by molar-refractivity contribution is 0.149. The first kappa shape index (κ1) is 9.19. The molecule has 0 aliphatic carbocycles. The van der Waals surface area contributed by atoms with Gasteiger partial charge in [-0.05, 0) is 24.6 Å². The number of rotatable bonds is 2. The van der Waals surface area contributed by atoms with Crippen molar-refractivity contribution in [3.63, 3.8) is 0 Å². The highest BCUT2D eigenvalue weighted by Gasteiger charge is 2.09. The molecule has 3 heteroatoms. The van der Waals surface area contributed by atoms with Crippen molar-refractivity contribution in [2.75, 3.05) is 0 Å². The third-order valence-electron chi connectivity index (χ3n) is 2.30. The highest BCUT2D eigenvalue weighted by Crippen LogP contribution is 2.21. The summed E-state index contributed by atoms with van der Waals surface area (Å²) in [6, 6.07) is 5.81. The fraction of sp³-hybridized carbons (Fsp3) is 0.273. The first-order chi connectivity index (χ1) is 6.66. The maximum absolute atomic E-state index is 12.2. The van der Waals surface area contributed by atoms with Crippen molar-refractivity contribution in [3.8, 4) is 0 Å². The van der Waals surface area contributed by atoms with Crippen LogP contribution in [0.2, 0.25) is 0 Å². The number of aryl methyl sites for hydroxylation is 1. The molecule has 0 saturated carbocycles. The van der Waals surface area contributed by atoms with Crippen LogP contribution in [0.3, 0.4) is 0 Å². The predicted octanol–water partition coefficient (Wildman–Crippen LogP) is 3.28. The topological polar surface area (TPSA) is 15.8 Å². The zero-order valence-corrected chi connectivity index (χ0v) is 7.85. The summed E-state index contributed by atoms with van der Waals surface area (Å²) < 4.78 is 24.4. The summed E-state index contributed by atoms with van der Waals surface area (Å²) in [6.07, 6.45) is -0.797. The Hall–Kier alpha value is -1.38. The van der Waals surface area contributed by atoms with Crippen LogP contribution in [0.4, 0.5) is 8.78 Å². The fourth-order valence-electron chi connectivity index (χ4n) is 1.63. The average Bonchev–Trinajstić information content (AvgIpc) is 2.47. The third-order valence-corrected chi connectivity index (χ3v) is 2.30. The van der Waals surface area contributed by atoms with Gasteiger partial charge in [0.2, 0.25) is 6.43 Å². The van der Waals surface area contributed by atoms with Crippen molar-refractivity contribution >= 4 is 10.9 Å². The zero-order valence-electron chi connectivity index (χ0n) is 7.85. The van der Waals surface area contributed by atoms with E-state index in [0.29, 0.717) is 5.56 Å². The Balaban J connectivity index is 2.50. The maximum atomic E-state index is 12.2. The fourth-order valence-corrected chi connectivity index (χ4v) is 1.63. The molecule has 0 radical (unpaired) electrons. The van der Waals surface area contributed by atoms with Crippen LogP contribution in [-0.4, -0.2) is 11.4 Å². The molecule has 0 atom stereocenters. The van der Waals surface area contributed by atoms with Crippen molar-refractivity contribution in [3.05, 3.63) is 35.5 Å². The molecule has 0 fully saturated rings. The summed E-state index contributed by atoms with van der Waals surface area (Å²) >= 11 is 0. The minimum Gasteiger partial charge on any atom is -0.361 e. The maximum Gasteiger partial charge on any atom is 0.242 e. The van der Waals surface area contributed by atoms with Crippen LogP contribution in [0, 0.1) is 6.92 Å². The summed E-state index contributed by atoms with van der Waals surface area (Å²) in [6.45, 7) is 1.96. The monoisotopic (exact) mass is 195 g/mol. The lowest BCUT2D eigenvalue weighted by atomic mass is 10.1. The van der Waals surface area contributed by atoms with Gasteiger partial charge in [-0.2, -0.15) is 0 Å². The minimum absolute atomic E-state index is 0.177. The van der Waals surface area contributed by atoms with Crippen LogP contribution in [0.15, 0.2) is 24.4 Å². The second-order valence-corrected chi connectivity index (χ2v) is 3.46. The highest BCUT2D eigenvalue weighted by atomic mass is 19.3. The van der Waals surface area contributed by atoms with Crippen LogP contribution in [0.1, 0.15) is 11.1 Å². The number of alkyl halides is 2. The highest BCUT2D eigenvalue weighted by molar-refractivity contribution is 5.83. The summed E-state index contributed by atoms with van der Waals surface area (Å²) in [5.74, 6) is 0. The number of H-pyrrole nitrogens is 1. The SMILES string of the molecule is Cc1ccc2[nH]cc(CC(F)F)c2c1. The van der Waals surface area contributed by atoms with Gasteiger partial charge < -0.3 is 4.98 Å². The molecule has 14 heavy (non-hydrogen) atoms. The molecular formula is C11H11F2N. The molecule has 2 rings (SSSR count). The lowest BCUT2D eigenvalue weighted by Gasteiger charge is -1.98. The third kappa shape index (κ3) is 1.62.